The molecule has 0 spiro atoms. The summed E-state index contributed by atoms with van der Waals surface area (Å²) in [6, 6.07) is 2.76. The van der Waals surface area contributed by atoms with Crippen molar-refractivity contribution in [2.75, 3.05) is 5.08 Å². The number of hydrogen-bond donors (Lipinski definition) is 2. The van der Waals surface area contributed by atoms with E-state index >= 15 is 0 Å². The number of aliphatic hydroxyl groups is 1. The number of hydrogen-bond acceptors (Lipinski definition) is 7. The summed E-state index contributed by atoms with van der Waals surface area (Å²) in [7, 11) is 0. The van der Waals surface area contributed by atoms with Crippen molar-refractivity contribution >= 4 is 36.7 Å². The highest BCUT2D eigenvalue weighted by Gasteiger charge is 2.32. The van der Waals surface area contributed by atoms with E-state index < -0.39 is 12.0 Å². The van der Waals surface area contributed by atoms with Crippen LogP contribution in [-0.4, -0.2) is 35.2 Å². The zero-order valence-corrected chi connectivity index (χ0v) is 21.0. The van der Waals surface area contributed by atoms with E-state index in [4.69, 9.17) is 5.14 Å². The highest BCUT2D eigenvalue weighted by Crippen LogP contribution is 2.34. The summed E-state index contributed by atoms with van der Waals surface area (Å²) in [6.07, 6.45) is -2.18. The Balaban J connectivity index is 0.000000687. The Hall–Kier alpha value is -1.49. The van der Waals surface area contributed by atoms with E-state index in [9.17, 15) is 23.1 Å². The maximum atomic E-state index is 12.4. The smallest absolute Gasteiger partial charge is 0.406 e. The van der Waals surface area contributed by atoms with E-state index in [0.717, 1.165) is 27.9 Å². The minimum Gasteiger partial charge on any atom is -0.406 e. The number of benzene rings is 1. The van der Waals surface area contributed by atoms with Crippen LogP contribution in [0.25, 0.3) is 0 Å². The van der Waals surface area contributed by atoms with Crippen molar-refractivity contribution in [3.63, 3.8) is 0 Å². The Kier molecular flexibility index (Phi) is 13.3. The van der Waals surface area contributed by atoms with Crippen molar-refractivity contribution in [2.45, 2.75) is 71.8 Å². The first-order valence-electron chi connectivity index (χ1n) is 9.87. The lowest BCUT2D eigenvalue weighted by Gasteiger charge is -2.21. The topological polar surface area (TPSA) is 84.9 Å². The van der Waals surface area contributed by atoms with Gasteiger partial charge in [-0.2, -0.15) is 0 Å². The molecule has 0 aliphatic heterocycles. The van der Waals surface area contributed by atoms with Crippen molar-refractivity contribution in [3.05, 3.63) is 39.9 Å². The van der Waals surface area contributed by atoms with Gasteiger partial charge in [-0.3, -0.25) is 10.1 Å². The van der Waals surface area contributed by atoms with Crippen LogP contribution in [0.15, 0.2) is 28.2 Å². The molecule has 0 unspecified atom stereocenters. The minimum absolute atomic E-state index is 0.0132. The van der Waals surface area contributed by atoms with E-state index in [1.807, 2.05) is 27.7 Å². The van der Waals surface area contributed by atoms with Crippen molar-refractivity contribution in [1.82, 2.24) is 0 Å². The van der Waals surface area contributed by atoms with E-state index in [2.05, 4.69) is 16.4 Å². The van der Waals surface area contributed by atoms with Crippen LogP contribution in [-0.2, 0) is 11.2 Å². The molecule has 0 atom stereocenters. The van der Waals surface area contributed by atoms with Gasteiger partial charge in [0.1, 0.15) is 12.0 Å². The number of nitrogens with zero attached hydrogens (tertiary/aromatic N) is 1. The summed E-state index contributed by atoms with van der Waals surface area (Å²) in [5.41, 5.74) is 1.39. The molecule has 0 saturated heterocycles. The molecule has 0 fully saturated rings. The maximum Gasteiger partial charge on any atom is 0.573 e. The fourth-order valence-electron chi connectivity index (χ4n) is 2.78. The molecule has 0 saturated carbocycles. The molecule has 0 amide bonds. The van der Waals surface area contributed by atoms with Gasteiger partial charge in [0.15, 0.2) is 0 Å². The normalized spacial score (nSPS) is 12.5. The Bertz CT molecular complexity index is 746. The Morgan fingerprint density at radius 1 is 1.22 bits per heavy atom. The molecule has 1 aromatic rings. The zero-order chi connectivity index (χ0) is 25.1. The molecular weight excluding hydrogens is 461 g/mol. The van der Waals surface area contributed by atoms with Crippen LogP contribution in [0.3, 0.4) is 0 Å². The molecule has 1 aromatic carbocycles. The molecule has 10 heteroatoms. The molecule has 32 heavy (non-hydrogen) atoms. The fraction of sp³-hybridized carbons (Fsp3) is 0.545. The third kappa shape index (κ3) is 11.4. The quantitative estimate of drug-likeness (QED) is 0.175. The predicted octanol–water partition coefficient (Wildman–Crippen LogP) is 6.17. The minimum atomic E-state index is -4.71. The molecule has 0 aliphatic rings. The third-order valence-corrected chi connectivity index (χ3v) is 6.08. The molecule has 0 radical (unpaired) electrons. The standard InChI is InChI=1S/C15H19F3O2.C7H14N2OS2/c1-9(2)13-7-11(20-15(16,17)18)8-14(10(3)4)12(13)5-6-19;1-7(2,10)6(4-9-3)11-5-12-8/h6-10H,5H2,1-4H3;4,10H,3,5,8H2,1-2H3/b;6-4-. The first kappa shape index (κ1) is 30.5. The number of halogens is 3. The first-order chi connectivity index (χ1) is 14.7. The Morgan fingerprint density at radius 2 is 1.72 bits per heavy atom. The average Bonchev–Trinajstić information content (AvgIpc) is 2.64. The number of rotatable bonds is 10. The predicted molar refractivity (Wildman–Crippen MR) is 129 cm³/mol. The second kappa shape index (κ2) is 13.9. The monoisotopic (exact) mass is 494 g/mol. The summed E-state index contributed by atoms with van der Waals surface area (Å²) >= 11 is 2.69. The molecule has 3 N–H and O–H groups in total. The SMILES string of the molecule is C=N/C=C(\SCSN)C(C)(C)O.CC(C)c1cc(OC(F)(F)F)cc(C(C)C)c1CC=O. The molecule has 1 rings (SSSR count). The van der Waals surface area contributed by atoms with Crippen LogP contribution >= 0.6 is 23.7 Å². The summed E-state index contributed by atoms with van der Waals surface area (Å²) in [5.74, 6) is -0.196. The van der Waals surface area contributed by atoms with Crippen LogP contribution in [0, 0.1) is 0 Å². The van der Waals surface area contributed by atoms with Crippen LogP contribution in [0.2, 0.25) is 0 Å². The van der Waals surface area contributed by atoms with Crippen molar-refractivity contribution < 1.29 is 27.8 Å². The molecule has 182 valence electrons. The van der Waals surface area contributed by atoms with E-state index in [-0.39, 0.29) is 24.0 Å². The number of thioether (sulfide) groups is 1. The van der Waals surface area contributed by atoms with Crippen LogP contribution in [0.4, 0.5) is 13.2 Å². The summed E-state index contributed by atoms with van der Waals surface area (Å²) in [6.45, 7) is 14.3. The highest BCUT2D eigenvalue weighted by atomic mass is 32.2. The number of aldehydes is 1. The van der Waals surface area contributed by atoms with Crippen molar-refractivity contribution in [1.29, 1.82) is 0 Å². The second-order valence-corrected chi connectivity index (χ2v) is 9.98. The van der Waals surface area contributed by atoms with Gasteiger partial charge in [-0.25, -0.2) is 0 Å². The van der Waals surface area contributed by atoms with Crippen molar-refractivity contribution in [2.24, 2.45) is 10.1 Å². The van der Waals surface area contributed by atoms with E-state index in [1.54, 1.807) is 20.0 Å². The van der Waals surface area contributed by atoms with Gasteiger partial charge in [-0.15, -0.1) is 24.9 Å². The highest BCUT2D eigenvalue weighted by molar-refractivity contribution is 8.16. The summed E-state index contributed by atoms with van der Waals surface area (Å²) in [5, 5.41) is 15.6. The molecule has 0 heterocycles. The summed E-state index contributed by atoms with van der Waals surface area (Å²) < 4.78 is 41.2. The molecule has 5 nitrogen and oxygen atoms in total. The maximum absolute atomic E-state index is 12.4. The largest absolute Gasteiger partial charge is 0.573 e. The van der Waals surface area contributed by atoms with Gasteiger partial charge in [0.2, 0.25) is 0 Å². The van der Waals surface area contributed by atoms with Gasteiger partial charge in [-0.05, 0) is 61.2 Å². The Labute approximate surface area is 197 Å². The van der Waals surface area contributed by atoms with Gasteiger partial charge in [0.25, 0.3) is 0 Å². The van der Waals surface area contributed by atoms with E-state index in [1.165, 1.54) is 35.8 Å². The summed E-state index contributed by atoms with van der Waals surface area (Å²) in [4.78, 5) is 15.2. The molecule has 0 bridgehead atoms. The van der Waals surface area contributed by atoms with Gasteiger partial charge in [-0.1, -0.05) is 39.6 Å². The second-order valence-electron chi connectivity index (χ2n) is 7.97. The lowest BCUT2D eigenvalue weighted by Crippen LogP contribution is -2.20. The van der Waals surface area contributed by atoms with Gasteiger partial charge in [0.05, 0.1) is 10.7 Å². The fourth-order valence-corrected chi connectivity index (χ4v) is 4.07. The van der Waals surface area contributed by atoms with Crippen LogP contribution < -0.4 is 9.88 Å². The number of carbonyl (C=O) groups excluding carboxylic acids is 1. The molecular formula is C22H33F3N2O3S2. The van der Waals surface area contributed by atoms with Crippen LogP contribution in [0.1, 0.15) is 70.1 Å². The molecule has 0 aliphatic carbocycles. The molecule has 0 aromatic heterocycles. The van der Waals surface area contributed by atoms with Gasteiger partial charge in [0, 0.05) is 17.5 Å². The van der Waals surface area contributed by atoms with Gasteiger partial charge >= 0.3 is 6.36 Å². The Morgan fingerprint density at radius 3 is 2.03 bits per heavy atom. The van der Waals surface area contributed by atoms with E-state index in [0.29, 0.717) is 5.08 Å². The number of ether oxygens (including phenoxy) is 1. The number of nitrogens with two attached hydrogens (primary N) is 1. The average molecular weight is 495 g/mol. The first-order valence-corrected chi connectivity index (χ1v) is 11.9. The number of carbonyl (C=O) groups is 1. The lowest BCUT2D eigenvalue weighted by molar-refractivity contribution is -0.274. The van der Waals surface area contributed by atoms with Gasteiger partial charge < -0.3 is 14.6 Å². The van der Waals surface area contributed by atoms with Crippen molar-refractivity contribution in [3.8, 4) is 5.75 Å². The third-order valence-electron chi connectivity index (χ3n) is 4.15. The number of alkyl halides is 3. The zero-order valence-electron chi connectivity index (χ0n) is 19.3. The number of aliphatic imine (C=N–C) groups is 1. The van der Waals surface area contributed by atoms with Crippen LogP contribution in [0.5, 0.6) is 5.75 Å². The lowest BCUT2D eigenvalue weighted by atomic mass is 9.87.